The molecule has 0 aliphatic rings. The van der Waals surface area contributed by atoms with Crippen LogP contribution in [-0.2, 0) is 0 Å². The Morgan fingerprint density at radius 2 is 1.71 bits per heavy atom. The molecule has 0 saturated heterocycles. The van der Waals surface area contributed by atoms with E-state index in [-0.39, 0.29) is 0 Å². The highest BCUT2D eigenvalue weighted by atomic mass is 16.2. The van der Waals surface area contributed by atoms with Crippen LogP contribution in [0.3, 0.4) is 0 Å². The van der Waals surface area contributed by atoms with E-state index in [1.807, 2.05) is 0 Å². The molecule has 2 heteroatoms. The van der Waals surface area contributed by atoms with Gasteiger partial charge < -0.3 is 10.0 Å². The Labute approximate surface area is 89.3 Å². The molecule has 0 heterocycles. The summed E-state index contributed by atoms with van der Waals surface area (Å²) in [7, 11) is 0. The van der Waals surface area contributed by atoms with Crippen molar-refractivity contribution in [3.8, 4) is 0 Å². The molecule has 0 radical (unpaired) electrons. The van der Waals surface area contributed by atoms with E-state index in [0.29, 0.717) is 12.6 Å². The Hall–Kier alpha value is -0.0800. The molecule has 0 rings (SSSR count). The topological polar surface area (TPSA) is 23.5 Å². The third-order valence-electron chi connectivity index (χ3n) is 3.05. The van der Waals surface area contributed by atoms with Crippen molar-refractivity contribution in [3.63, 3.8) is 0 Å². The minimum absolute atomic E-state index is 0.339. The van der Waals surface area contributed by atoms with Gasteiger partial charge in [-0.15, -0.1) is 0 Å². The van der Waals surface area contributed by atoms with Crippen molar-refractivity contribution in [2.75, 3.05) is 19.7 Å². The van der Waals surface area contributed by atoms with Gasteiger partial charge in [0.15, 0.2) is 0 Å². The molecule has 0 aromatic rings. The zero-order valence-corrected chi connectivity index (χ0v) is 10.3. The molecule has 0 aromatic carbocycles. The van der Waals surface area contributed by atoms with Crippen LogP contribution in [0, 0.1) is 5.92 Å². The fourth-order valence-electron chi connectivity index (χ4n) is 1.67. The standard InChI is InChI=1S/C12H27NO/c1-5-13(12(4)11(2)3)9-7-6-8-10-14/h11-12,14H,5-10H2,1-4H3. The second kappa shape index (κ2) is 8.25. The predicted octanol–water partition coefficient (Wildman–Crippen LogP) is 2.52. The first kappa shape index (κ1) is 13.9. The molecular weight excluding hydrogens is 174 g/mol. The van der Waals surface area contributed by atoms with Gasteiger partial charge in [-0.25, -0.2) is 0 Å². The van der Waals surface area contributed by atoms with Crippen molar-refractivity contribution in [2.45, 2.75) is 53.0 Å². The van der Waals surface area contributed by atoms with Crippen molar-refractivity contribution < 1.29 is 5.11 Å². The predicted molar refractivity (Wildman–Crippen MR) is 62.5 cm³/mol. The molecule has 1 N–H and O–H groups in total. The van der Waals surface area contributed by atoms with Crippen LogP contribution in [0.5, 0.6) is 0 Å². The molecule has 0 aliphatic carbocycles. The van der Waals surface area contributed by atoms with E-state index in [0.717, 1.165) is 25.3 Å². The number of aliphatic hydroxyl groups excluding tert-OH is 1. The average Bonchev–Trinajstić information content (AvgIpc) is 2.17. The molecule has 0 fully saturated rings. The molecule has 2 nitrogen and oxygen atoms in total. The molecule has 1 unspecified atom stereocenters. The van der Waals surface area contributed by atoms with Crippen LogP contribution in [0.1, 0.15) is 47.0 Å². The largest absolute Gasteiger partial charge is 0.396 e. The van der Waals surface area contributed by atoms with E-state index in [1.54, 1.807) is 0 Å². The molecule has 0 spiro atoms. The first-order chi connectivity index (χ1) is 6.63. The van der Waals surface area contributed by atoms with Gasteiger partial charge in [-0.05, 0) is 45.2 Å². The van der Waals surface area contributed by atoms with Crippen molar-refractivity contribution >= 4 is 0 Å². The summed E-state index contributed by atoms with van der Waals surface area (Å²) in [4.78, 5) is 2.53. The van der Waals surface area contributed by atoms with Gasteiger partial charge in [-0.2, -0.15) is 0 Å². The minimum Gasteiger partial charge on any atom is -0.396 e. The second-order valence-corrected chi connectivity index (χ2v) is 4.40. The number of nitrogens with zero attached hydrogens (tertiary/aromatic N) is 1. The monoisotopic (exact) mass is 201 g/mol. The summed E-state index contributed by atoms with van der Waals surface area (Å²) in [6.45, 7) is 11.7. The molecule has 86 valence electrons. The number of rotatable bonds is 8. The molecule has 0 saturated carbocycles. The van der Waals surface area contributed by atoms with Crippen molar-refractivity contribution in [1.82, 2.24) is 4.90 Å². The van der Waals surface area contributed by atoms with Gasteiger partial charge in [-0.3, -0.25) is 0 Å². The summed E-state index contributed by atoms with van der Waals surface area (Å²) in [5, 5.41) is 8.67. The van der Waals surface area contributed by atoms with E-state index in [9.17, 15) is 0 Å². The van der Waals surface area contributed by atoms with Crippen molar-refractivity contribution in [1.29, 1.82) is 0 Å². The quantitative estimate of drug-likeness (QED) is 0.610. The smallest absolute Gasteiger partial charge is 0.0431 e. The first-order valence-electron chi connectivity index (χ1n) is 5.98. The Morgan fingerprint density at radius 3 is 2.14 bits per heavy atom. The first-order valence-corrected chi connectivity index (χ1v) is 5.98. The minimum atomic E-state index is 0.339. The lowest BCUT2D eigenvalue weighted by molar-refractivity contribution is 0.171. The van der Waals surface area contributed by atoms with E-state index in [2.05, 4.69) is 32.6 Å². The summed E-state index contributed by atoms with van der Waals surface area (Å²) in [5.74, 6) is 0.729. The molecule has 1 atom stereocenters. The lowest BCUT2D eigenvalue weighted by Crippen LogP contribution is -2.37. The summed E-state index contributed by atoms with van der Waals surface area (Å²) in [5.41, 5.74) is 0. The molecule has 0 bridgehead atoms. The normalized spacial score (nSPS) is 13.9. The lowest BCUT2D eigenvalue weighted by atomic mass is 10.0. The maximum absolute atomic E-state index is 8.67. The van der Waals surface area contributed by atoms with Gasteiger partial charge >= 0.3 is 0 Å². The number of unbranched alkanes of at least 4 members (excludes halogenated alkanes) is 2. The van der Waals surface area contributed by atoms with E-state index in [4.69, 9.17) is 5.11 Å². The fourth-order valence-corrected chi connectivity index (χ4v) is 1.67. The van der Waals surface area contributed by atoms with Crippen molar-refractivity contribution in [3.05, 3.63) is 0 Å². The SMILES string of the molecule is CCN(CCCCCO)C(C)C(C)C. The van der Waals surface area contributed by atoms with Crippen molar-refractivity contribution in [2.24, 2.45) is 5.92 Å². The highest BCUT2D eigenvalue weighted by molar-refractivity contribution is 4.68. The molecule has 0 aliphatic heterocycles. The van der Waals surface area contributed by atoms with Crippen LogP contribution < -0.4 is 0 Å². The van der Waals surface area contributed by atoms with Crippen LogP contribution in [0.2, 0.25) is 0 Å². The van der Waals surface area contributed by atoms with Gasteiger partial charge in [0.2, 0.25) is 0 Å². The van der Waals surface area contributed by atoms with Crippen LogP contribution in [0.4, 0.5) is 0 Å². The van der Waals surface area contributed by atoms with Gasteiger partial charge in [0.25, 0.3) is 0 Å². The van der Waals surface area contributed by atoms with Gasteiger partial charge in [-0.1, -0.05) is 20.8 Å². The Bertz CT molecular complexity index is 125. The number of hydrogen-bond acceptors (Lipinski definition) is 2. The molecular formula is C12H27NO. The van der Waals surface area contributed by atoms with E-state index < -0.39 is 0 Å². The van der Waals surface area contributed by atoms with Gasteiger partial charge in [0.05, 0.1) is 0 Å². The van der Waals surface area contributed by atoms with Gasteiger partial charge in [0.1, 0.15) is 0 Å². The number of aliphatic hydroxyl groups is 1. The zero-order chi connectivity index (χ0) is 11.0. The molecule has 14 heavy (non-hydrogen) atoms. The highest BCUT2D eigenvalue weighted by Gasteiger charge is 2.14. The maximum Gasteiger partial charge on any atom is 0.0431 e. The van der Waals surface area contributed by atoms with E-state index in [1.165, 1.54) is 13.0 Å². The number of hydrogen-bond donors (Lipinski definition) is 1. The highest BCUT2D eigenvalue weighted by Crippen LogP contribution is 2.11. The lowest BCUT2D eigenvalue weighted by Gasteiger charge is -2.30. The van der Waals surface area contributed by atoms with Gasteiger partial charge in [0, 0.05) is 12.6 Å². The molecule has 0 aromatic heterocycles. The summed E-state index contributed by atoms with van der Waals surface area (Å²) in [6.07, 6.45) is 3.32. The summed E-state index contributed by atoms with van der Waals surface area (Å²) < 4.78 is 0. The molecule has 0 amide bonds. The summed E-state index contributed by atoms with van der Waals surface area (Å²) in [6, 6.07) is 0.675. The third kappa shape index (κ3) is 5.61. The van der Waals surface area contributed by atoms with E-state index >= 15 is 0 Å². The van der Waals surface area contributed by atoms with Crippen LogP contribution in [0.25, 0.3) is 0 Å². The fraction of sp³-hybridized carbons (Fsp3) is 1.00. The van der Waals surface area contributed by atoms with Crippen LogP contribution >= 0.6 is 0 Å². The maximum atomic E-state index is 8.67. The Balaban J connectivity index is 3.67. The van der Waals surface area contributed by atoms with Crippen LogP contribution in [0.15, 0.2) is 0 Å². The Morgan fingerprint density at radius 1 is 1.07 bits per heavy atom. The van der Waals surface area contributed by atoms with Crippen LogP contribution in [-0.4, -0.2) is 35.7 Å². The summed E-state index contributed by atoms with van der Waals surface area (Å²) >= 11 is 0. The zero-order valence-electron chi connectivity index (χ0n) is 10.3. The third-order valence-corrected chi connectivity index (χ3v) is 3.05. The Kier molecular flexibility index (Phi) is 8.20. The average molecular weight is 201 g/mol. The second-order valence-electron chi connectivity index (χ2n) is 4.40.